The molecule has 0 fully saturated rings. The van der Waals surface area contributed by atoms with Crippen LogP contribution in [-0.2, 0) is 19.1 Å². The molecular formula is C24H46O6. The fraction of sp³-hybridized carbons (Fsp3) is 0.917. The predicted octanol–water partition coefficient (Wildman–Crippen LogP) is 5.08. The van der Waals surface area contributed by atoms with Crippen molar-refractivity contribution < 1.29 is 29.3 Å². The molecule has 0 unspecified atom stereocenters. The number of aliphatic hydroxyl groups is 2. The standard InChI is InChI=1S/C24H46O6/c25-19-13-7-9-15-21-29-23(27)17-11-5-3-1-2-4-6-12-18-24(28)30-22-16-10-8-14-20-26/h25-26H,1-22H2. The van der Waals surface area contributed by atoms with Crippen molar-refractivity contribution in [2.75, 3.05) is 26.4 Å². The van der Waals surface area contributed by atoms with Gasteiger partial charge in [0.2, 0.25) is 0 Å². The van der Waals surface area contributed by atoms with Gasteiger partial charge < -0.3 is 19.7 Å². The third-order valence-corrected chi connectivity index (χ3v) is 5.14. The molecule has 0 amide bonds. The summed E-state index contributed by atoms with van der Waals surface area (Å²) in [6.45, 7) is 1.48. The van der Waals surface area contributed by atoms with Gasteiger partial charge in [-0.15, -0.1) is 0 Å². The summed E-state index contributed by atoms with van der Waals surface area (Å²) in [5, 5.41) is 17.4. The largest absolute Gasteiger partial charge is 0.466 e. The lowest BCUT2D eigenvalue weighted by Crippen LogP contribution is -2.05. The lowest BCUT2D eigenvalue weighted by atomic mass is 10.1. The van der Waals surface area contributed by atoms with E-state index < -0.39 is 0 Å². The van der Waals surface area contributed by atoms with E-state index in [9.17, 15) is 9.59 Å². The van der Waals surface area contributed by atoms with Crippen LogP contribution in [0.1, 0.15) is 116 Å². The summed E-state index contributed by atoms with van der Waals surface area (Å²) >= 11 is 0. The molecule has 0 aromatic carbocycles. The molecule has 0 aromatic rings. The zero-order valence-electron chi connectivity index (χ0n) is 19.1. The summed E-state index contributed by atoms with van der Waals surface area (Å²) in [6.07, 6.45) is 17.0. The molecule has 178 valence electrons. The molecule has 0 saturated carbocycles. The monoisotopic (exact) mass is 430 g/mol. The van der Waals surface area contributed by atoms with Crippen LogP contribution in [0.4, 0.5) is 0 Å². The number of carbonyl (C=O) groups excluding carboxylic acids is 2. The minimum absolute atomic E-state index is 0.0887. The van der Waals surface area contributed by atoms with E-state index >= 15 is 0 Å². The normalized spacial score (nSPS) is 10.9. The summed E-state index contributed by atoms with van der Waals surface area (Å²) in [4.78, 5) is 23.2. The van der Waals surface area contributed by atoms with E-state index in [4.69, 9.17) is 19.7 Å². The molecule has 6 nitrogen and oxygen atoms in total. The van der Waals surface area contributed by atoms with Gasteiger partial charge in [-0.1, -0.05) is 51.4 Å². The topological polar surface area (TPSA) is 93.1 Å². The van der Waals surface area contributed by atoms with Crippen molar-refractivity contribution in [2.24, 2.45) is 0 Å². The smallest absolute Gasteiger partial charge is 0.305 e. The van der Waals surface area contributed by atoms with Crippen molar-refractivity contribution in [3.63, 3.8) is 0 Å². The lowest BCUT2D eigenvalue weighted by molar-refractivity contribution is -0.144. The maximum atomic E-state index is 11.6. The van der Waals surface area contributed by atoms with Crippen LogP contribution < -0.4 is 0 Å². The molecule has 0 atom stereocenters. The number of rotatable bonds is 23. The van der Waals surface area contributed by atoms with Gasteiger partial charge in [-0.05, 0) is 51.4 Å². The van der Waals surface area contributed by atoms with Crippen LogP contribution in [0, 0.1) is 0 Å². The van der Waals surface area contributed by atoms with Crippen molar-refractivity contribution in [1.29, 1.82) is 0 Å². The third-order valence-electron chi connectivity index (χ3n) is 5.14. The van der Waals surface area contributed by atoms with Gasteiger partial charge in [-0.3, -0.25) is 9.59 Å². The molecule has 0 aliphatic rings. The van der Waals surface area contributed by atoms with E-state index in [1.807, 2.05) is 0 Å². The average molecular weight is 431 g/mol. The van der Waals surface area contributed by atoms with E-state index in [1.54, 1.807) is 0 Å². The number of esters is 2. The van der Waals surface area contributed by atoms with E-state index in [0.717, 1.165) is 89.9 Å². The van der Waals surface area contributed by atoms with Crippen LogP contribution in [0.2, 0.25) is 0 Å². The zero-order chi connectivity index (χ0) is 22.1. The number of hydrogen-bond donors (Lipinski definition) is 2. The van der Waals surface area contributed by atoms with Gasteiger partial charge in [-0.2, -0.15) is 0 Å². The van der Waals surface area contributed by atoms with Gasteiger partial charge in [0, 0.05) is 26.1 Å². The Labute approximate surface area is 183 Å². The molecule has 0 radical (unpaired) electrons. The molecule has 6 heteroatoms. The zero-order valence-corrected chi connectivity index (χ0v) is 19.1. The molecule has 0 aromatic heterocycles. The summed E-state index contributed by atoms with van der Waals surface area (Å²) in [6, 6.07) is 0. The number of carbonyl (C=O) groups is 2. The second-order valence-corrected chi connectivity index (χ2v) is 8.05. The molecule has 0 saturated heterocycles. The lowest BCUT2D eigenvalue weighted by Gasteiger charge is -2.06. The Morgan fingerprint density at radius 1 is 0.433 bits per heavy atom. The average Bonchev–Trinajstić information content (AvgIpc) is 2.74. The van der Waals surface area contributed by atoms with Gasteiger partial charge in [0.25, 0.3) is 0 Å². The summed E-state index contributed by atoms with van der Waals surface area (Å²) in [5.41, 5.74) is 0. The number of ether oxygens (including phenoxy) is 2. The van der Waals surface area contributed by atoms with Crippen molar-refractivity contribution in [3.8, 4) is 0 Å². The number of hydrogen-bond acceptors (Lipinski definition) is 6. The summed E-state index contributed by atoms with van der Waals surface area (Å²) < 4.78 is 10.4. The highest BCUT2D eigenvalue weighted by Crippen LogP contribution is 2.11. The van der Waals surface area contributed by atoms with E-state index in [1.165, 1.54) is 12.8 Å². The highest BCUT2D eigenvalue weighted by atomic mass is 16.5. The highest BCUT2D eigenvalue weighted by molar-refractivity contribution is 5.69. The van der Waals surface area contributed by atoms with Gasteiger partial charge in [0.15, 0.2) is 0 Å². The van der Waals surface area contributed by atoms with Gasteiger partial charge >= 0.3 is 11.9 Å². The highest BCUT2D eigenvalue weighted by Gasteiger charge is 2.04. The first kappa shape index (κ1) is 28.9. The fourth-order valence-electron chi connectivity index (χ4n) is 3.25. The Hall–Kier alpha value is -1.14. The van der Waals surface area contributed by atoms with Crippen LogP contribution >= 0.6 is 0 Å². The van der Waals surface area contributed by atoms with Crippen molar-refractivity contribution in [2.45, 2.75) is 116 Å². The Balaban J connectivity index is 3.23. The van der Waals surface area contributed by atoms with Crippen molar-refractivity contribution >= 4 is 11.9 Å². The van der Waals surface area contributed by atoms with Crippen molar-refractivity contribution in [1.82, 2.24) is 0 Å². The molecule has 2 N–H and O–H groups in total. The second kappa shape index (κ2) is 24.1. The van der Waals surface area contributed by atoms with Crippen LogP contribution in [0.25, 0.3) is 0 Å². The molecule has 0 aliphatic heterocycles. The maximum absolute atomic E-state index is 11.6. The van der Waals surface area contributed by atoms with Gasteiger partial charge in [0.05, 0.1) is 13.2 Å². The Kier molecular flexibility index (Phi) is 23.2. The molecule has 0 bridgehead atoms. The summed E-state index contributed by atoms with van der Waals surface area (Å²) in [5.74, 6) is -0.177. The number of unbranched alkanes of at least 4 members (excludes halogenated alkanes) is 13. The quantitative estimate of drug-likeness (QED) is 0.173. The maximum Gasteiger partial charge on any atom is 0.305 e. The molecular weight excluding hydrogens is 384 g/mol. The van der Waals surface area contributed by atoms with E-state index in [2.05, 4.69) is 0 Å². The molecule has 0 rings (SSSR count). The third kappa shape index (κ3) is 23.1. The van der Waals surface area contributed by atoms with Gasteiger partial charge in [-0.25, -0.2) is 0 Å². The second-order valence-electron chi connectivity index (χ2n) is 8.05. The van der Waals surface area contributed by atoms with Crippen LogP contribution in [-0.4, -0.2) is 48.6 Å². The Morgan fingerprint density at radius 2 is 0.733 bits per heavy atom. The molecule has 0 heterocycles. The first-order valence-corrected chi connectivity index (χ1v) is 12.2. The summed E-state index contributed by atoms with van der Waals surface area (Å²) in [7, 11) is 0. The van der Waals surface area contributed by atoms with Crippen LogP contribution in [0.5, 0.6) is 0 Å². The Morgan fingerprint density at radius 3 is 1.10 bits per heavy atom. The molecule has 0 spiro atoms. The SMILES string of the molecule is O=C(CCCCCCCCCCC(=O)OCCCCCCO)OCCCCCCO. The molecule has 30 heavy (non-hydrogen) atoms. The van der Waals surface area contributed by atoms with Crippen LogP contribution in [0.15, 0.2) is 0 Å². The first-order valence-electron chi connectivity index (χ1n) is 12.2. The van der Waals surface area contributed by atoms with E-state index in [0.29, 0.717) is 26.1 Å². The fourth-order valence-corrected chi connectivity index (χ4v) is 3.25. The predicted molar refractivity (Wildman–Crippen MR) is 119 cm³/mol. The first-order chi connectivity index (χ1) is 14.7. The minimum atomic E-state index is -0.0887. The van der Waals surface area contributed by atoms with Crippen molar-refractivity contribution in [3.05, 3.63) is 0 Å². The van der Waals surface area contributed by atoms with Crippen LogP contribution in [0.3, 0.4) is 0 Å². The van der Waals surface area contributed by atoms with Gasteiger partial charge in [0.1, 0.15) is 0 Å². The van der Waals surface area contributed by atoms with E-state index in [-0.39, 0.29) is 25.2 Å². The molecule has 0 aliphatic carbocycles. The minimum Gasteiger partial charge on any atom is -0.466 e. The number of aliphatic hydroxyl groups excluding tert-OH is 2. The Bertz CT molecular complexity index is 350.